The smallest absolute Gasteiger partial charge is 0.144 e. The molecule has 2 heterocycles. The van der Waals surface area contributed by atoms with Crippen LogP contribution in [0, 0.1) is 0 Å². The molecule has 0 bridgehead atoms. The Kier molecular flexibility index (Phi) is 3.61. The quantitative estimate of drug-likeness (QED) is 0.441. The number of fused-ring (bicyclic) bond motifs is 3. The van der Waals surface area contributed by atoms with Gasteiger partial charge in [-0.05, 0) is 41.7 Å². The molecular weight excluding hydrogens is 294 g/mol. The molecule has 4 rings (SSSR count). The molecule has 0 radical (unpaired) electrons. The van der Waals surface area contributed by atoms with E-state index in [9.17, 15) is 0 Å². The Labute approximate surface area is 142 Å². The van der Waals surface area contributed by atoms with Crippen LogP contribution in [-0.4, -0.2) is 4.98 Å². The van der Waals surface area contributed by atoms with Crippen LogP contribution < -0.4 is 0 Å². The van der Waals surface area contributed by atoms with E-state index in [1.54, 1.807) is 0 Å². The molecule has 0 saturated heterocycles. The minimum atomic E-state index is 0.480. The number of hydrogen-bond donors (Lipinski definition) is 0. The lowest BCUT2D eigenvalue weighted by molar-refractivity contribution is 0.664. The lowest BCUT2D eigenvalue weighted by atomic mass is 10.0. The van der Waals surface area contributed by atoms with Crippen LogP contribution in [0.5, 0.6) is 0 Å². The third kappa shape index (κ3) is 2.30. The SMILES string of the molecule is CCc1cccc2c1oc1c(-c3cc(C(C)C)ccn3)cccc12. The number of benzene rings is 2. The van der Waals surface area contributed by atoms with Gasteiger partial charge in [0.25, 0.3) is 0 Å². The number of pyridine rings is 1. The minimum absolute atomic E-state index is 0.480. The second-order valence-electron chi connectivity index (χ2n) is 6.56. The van der Waals surface area contributed by atoms with Crippen LogP contribution in [0.25, 0.3) is 33.2 Å². The summed E-state index contributed by atoms with van der Waals surface area (Å²) < 4.78 is 6.32. The topological polar surface area (TPSA) is 26.0 Å². The van der Waals surface area contributed by atoms with E-state index < -0.39 is 0 Å². The van der Waals surface area contributed by atoms with E-state index in [2.05, 4.69) is 74.3 Å². The summed E-state index contributed by atoms with van der Waals surface area (Å²) in [5.41, 5.74) is 6.52. The molecule has 0 spiro atoms. The molecule has 0 amide bonds. The van der Waals surface area contributed by atoms with Gasteiger partial charge in [0.15, 0.2) is 0 Å². The molecular formula is C22H21NO. The molecule has 0 aliphatic heterocycles. The average molecular weight is 315 g/mol. The predicted molar refractivity (Wildman–Crippen MR) is 100 cm³/mol. The summed E-state index contributed by atoms with van der Waals surface area (Å²) in [6, 6.07) is 17.0. The molecule has 2 aromatic carbocycles. The van der Waals surface area contributed by atoms with Crippen molar-refractivity contribution in [1.29, 1.82) is 0 Å². The maximum Gasteiger partial charge on any atom is 0.144 e. The Balaban J connectivity index is 2.01. The van der Waals surface area contributed by atoms with Crippen molar-refractivity contribution in [2.24, 2.45) is 0 Å². The molecule has 0 saturated carbocycles. The van der Waals surface area contributed by atoms with Crippen molar-refractivity contribution in [3.63, 3.8) is 0 Å². The van der Waals surface area contributed by atoms with E-state index in [0.29, 0.717) is 5.92 Å². The molecule has 0 aliphatic rings. The number of aromatic nitrogens is 1. The largest absolute Gasteiger partial charge is 0.455 e. The molecule has 2 nitrogen and oxygen atoms in total. The van der Waals surface area contributed by atoms with Crippen LogP contribution in [0.15, 0.2) is 59.1 Å². The van der Waals surface area contributed by atoms with E-state index in [1.807, 2.05) is 6.20 Å². The summed E-state index contributed by atoms with van der Waals surface area (Å²) in [7, 11) is 0. The summed E-state index contributed by atoms with van der Waals surface area (Å²) in [6.07, 6.45) is 2.86. The number of hydrogen-bond acceptors (Lipinski definition) is 2. The van der Waals surface area contributed by atoms with E-state index in [1.165, 1.54) is 16.5 Å². The second-order valence-corrected chi connectivity index (χ2v) is 6.56. The van der Waals surface area contributed by atoms with Crippen LogP contribution in [0.3, 0.4) is 0 Å². The van der Waals surface area contributed by atoms with Gasteiger partial charge in [0.05, 0.1) is 5.69 Å². The first kappa shape index (κ1) is 14.9. The first-order valence-corrected chi connectivity index (χ1v) is 8.58. The fourth-order valence-corrected chi connectivity index (χ4v) is 3.31. The highest BCUT2D eigenvalue weighted by molar-refractivity contribution is 6.10. The lowest BCUT2D eigenvalue weighted by Crippen LogP contribution is -1.90. The van der Waals surface area contributed by atoms with Gasteiger partial charge in [-0.3, -0.25) is 4.98 Å². The molecule has 2 heteroatoms. The average Bonchev–Trinajstić information content (AvgIpc) is 3.00. The number of aryl methyl sites for hydroxylation is 1. The van der Waals surface area contributed by atoms with Crippen LogP contribution in [-0.2, 0) is 6.42 Å². The summed E-state index contributed by atoms with van der Waals surface area (Å²) in [5.74, 6) is 0.480. The van der Waals surface area contributed by atoms with E-state index in [-0.39, 0.29) is 0 Å². The lowest BCUT2D eigenvalue weighted by Gasteiger charge is -2.07. The summed E-state index contributed by atoms with van der Waals surface area (Å²) in [4.78, 5) is 4.59. The maximum absolute atomic E-state index is 6.32. The van der Waals surface area contributed by atoms with Crippen LogP contribution in [0.4, 0.5) is 0 Å². The molecule has 0 unspecified atom stereocenters. The standard InChI is InChI=1S/C22H21NO/c1-4-15-7-5-8-17-18-9-6-10-19(22(18)24-21(15)17)20-13-16(14(2)3)11-12-23-20/h5-14H,4H2,1-3H3. The molecule has 120 valence electrons. The zero-order chi connectivity index (χ0) is 16.7. The number of rotatable bonds is 3. The van der Waals surface area contributed by atoms with Gasteiger partial charge in [-0.15, -0.1) is 0 Å². The maximum atomic E-state index is 6.32. The number of furan rings is 1. The first-order chi connectivity index (χ1) is 11.7. The van der Waals surface area contributed by atoms with Crippen molar-refractivity contribution in [3.05, 3.63) is 65.9 Å². The van der Waals surface area contributed by atoms with Gasteiger partial charge in [0.2, 0.25) is 0 Å². The van der Waals surface area contributed by atoms with Crippen molar-refractivity contribution in [3.8, 4) is 11.3 Å². The zero-order valence-electron chi connectivity index (χ0n) is 14.3. The highest BCUT2D eigenvalue weighted by atomic mass is 16.3. The van der Waals surface area contributed by atoms with Gasteiger partial charge in [-0.25, -0.2) is 0 Å². The van der Waals surface area contributed by atoms with Crippen molar-refractivity contribution in [2.45, 2.75) is 33.1 Å². The number of para-hydroxylation sites is 2. The van der Waals surface area contributed by atoms with Crippen molar-refractivity contribution < 1.29 is 4.42 Å². The molecule has 0 fully saturated rings. The van der Waals surface area contributed by atoms with Crippen LogP contribution in [0.2, 0.25) is 0 Å². The van der Waals surface area contributed by atoms with Crippen molar-refractivity contribution >= 4 is 21.9 Å². The molecule has 24 heavy (non-hydrogen) atoms. The van der Waals surface area contributed by atoms with Crippen LogP contribution >= 0.6 is 0 Å². The third-order valence-corrected chi connectivity index (χ3v) is 4.71. The Morgan fingerprint density at radius 3 is 2.46 bits per heavy atom. The molecule has 0 atom stereocenters. The third-order valence-electron chi connectivity index (χ3n) is 4.71. The fraction of sp³-hybridized carbons (Fsp3) is 0.227. The van der Waals surface area contributed by atoms with Gasteiger partial charge >= 0.3 is 0 Å². The Morgan fingerprint density at radius 2 is 1.71 bits per heavy atom. The van der Waals surface area contributed by atoms with Crippen LogP contribution in [0.1, 0.15) is 37.8 Å². The van der Waals surface area contributed by atoms with E-state index >= 15 is 0 Å². The predicted octanol–water partition coefficient (Wildman–Crippen LogP) is 6.33. The van der Waals surface area contributed by atoms with Crippen molar-refractivity contribution in [1.82, 2.24) is 4.98 Å². The van der Waals surface area contributed by atoms with Gasteiger partial charge in [0, 0.05) is 22.5 Å². The highest BCUT2D eigenvalue weighted by Gasteiger charge is 2.15. The molecule has 0 aliphatic carbocycles. The van der Waals surface area contributed by atoms with Crippen molar-refractivity contribution in [2.75, 3.05) is 0 Å². The second kappa shape index (κ2) is 5.79. The Bertz CT molecular complexity index is 1030. The van der Waals surface area contributed by atoms with Gasteiger partial charge in [-0.1, -0.05) is 51.1 Å². The summed E-state index contributed by atoms with van der Waals surface area (Å²) in [5, 5.41) is 2.35. The first-order valence-electron chi connectivity index (χ1n) is 8.58. The minimum Gasteiger partial charge on any atom is -0.455 e. The highest BCUT2D eigenvalue weighted by Crippen LogP contribution is 2.36. The zero-order valence-corrected chi connectivity index (χ0v) is 14.3. The summed E-state index contributed by atoms with van der Waals surface area (Å²) >= 11 is 0. The van der Waals surface area contributed by atoms with Gasteiger partial charge in [-0.2, -0.15) is 0 Å². The molecule has 0 N–H and O–H groups in total. The Hall–Kier alpha value is -2.61. The normalized spacial score (nSPS) is 11.7. The Morgan fingerprint density at radius 1 is 0.958 bits per heavy atom. The van der Waals surface area contributed by atoms with E-state index in [0.717, 1.165) is 34.2 Å². The molecule has 4 aromatic rings. The van der Waals surface area contributed by atoms with Gasteiger partial charge < -0.3 is 4.42 Å². The van der Waals surface area contributed by atoms with Gasteiger partial charge in [0.1, 0.15) is 11.2 Å². The number of nitrogens with zero attached hydrogens (tertiary/aromatic N) is 1. The molecule has 2 aromatic heterocycles. The fourth-order valence-electron chi connectivity index (χ4n) is 3.31. The monoisotopic (exact) mass is 315 g/mol. The summed E-state index contributed by atoms with van der Waals surface area (Å²) in [6.45, 7) is 6.57. The van der Waals surface area contributed by atoms with E-state index in [4.69, 9.17) is 4.42 Å².